The number of alkyl halides is 3. The summed E-state index contributed by atoms with van der Waals surface area (Å²) >= 11 is 0. The molecule has 1 aromatic carbocycles. The van der Waals surface area contributed by atoms with E-state index in [2.05, 4.69) is 5.32 Å². The first-order chi connectivity index (χ1) is 8.30. The van der Waals surface area contributed by atoms with Crippen LogP contribution >= 0.6 is 0 Å². The Morgan fingerprint density at radius 3 is 2.61 bits per heavy atom. The fourth-order valence-electron chi connectivity index (χ4n) is 1.52. The first-order valence-corrected chi connectivity index (χ1v) is 7.24. The molecule has 2 atom stereocenters. The van der Waals surface area contributed by atoms with Crippen molar-refractivity contribution >= 4 is 10.8 Å². The number of nitrogens with one attached hydrogen (secondary N) is 1. The standard InChI is InChI=1S/C12H16F3NOS/c1-9(16-6-7-18(2)17)10-4-3-5-11(8-10)12(13,14)15/h3-5,8-9,16H,6-7H2,1-2H3. The third-order valence-corrected chi connectivity index (χ3v) is 3.33. The summed E-state index contributed by atoms with van der Waals surface area (Å²) in [4.78, 5) is 0. The van der Waals surface area contributed by atoms with Gasteiger partial charge in [-0.15, -0.1) is 0 Å². The van der Waals surface area contributed by atoms with E-state index < -0.39 is 22.5 Å². The van der Waals surface area contributed by atoms with E-state index >= 15 is 0 Å². The molecule has 0 aliphatic rings. The summed E-state index contributed by atoms with van der Waals surface area (Å²) in [5, 5.41) is 3.05. The number of benzene rings is 1. The number of halogens is 3. The van der Waals surface area contributed by atoms with Crippen LogP contribution in [0.1, 0.15) is 24.1 Å². The van der Waals surface area contributed by atoms with Crippen molar-refractivity contribution in [1.82, 2.24) is 5.32 Å². The summed E-state index contributed by atoms with van der Waals surface area (Å²) in [6.45, 7) is 2.30. The number of hydrogen-bond donors (Lipinski definition) is 1. The predicted molar refractivity (Wildman–Crippen MR) is 66.8 cm³/mol. The highest BCUT2D eigenvalue weighted by atomic mass is 32.2. The zero-order valence-corrected chi connectivity index (χ0v) is 11.1. The van der Waals surface area contributed by atoms with E-state index in [4.69, 9.17) is 0 Å². The maximum absolute atomic E-state index is 12.5. The van der Waals surface area contributed by atoms with Gasteiger partial charge in [-0.25, -0.2) is 0 Å². The molecule has 0 heterocycles. The van der Waals surface area contributed by atoms with Gasteiger partial charge in [0.2, 0.25) is 0 Å². The molecule has 0 saturated heterocycles. The zero-order chi connectivity index (χ0) is 13.8. The van der Waals surface area contributed by atoms with Crippen LogP contribution in [0.3, 0.4) is 0 Å². The lowest BCUT2D eigenvalue weighted by molar-refractivity contribution is -0.137. The van der Waals surface area contributed by atoms with Crippen molar-refractivity contribution in [3.63, 3.8) is 0 Å². The number of hydrogen-bond acceptors (Lipinski definition) is 2. The predicted octanol–water partition coefficient (Wildman–Crippen LogP) is 2.73. The van der Waals surface area contributed by atoms with Gasteiger partial charge >= 0.3 is 6.18 Å². The van der Waals surface area contributed by atoms with E-state index in [0.29, 0.717) is 17.9 Å². The van der Waals surface area contributed by atoms with Crippen molar-refractivity contribution in [3.8, 4) is 0 Å². The van der Waals surface area contributed by atoms with Crippen LogP contribution in [0.2, 0.25) is 0 Å². The van der Waals surface area contributed by atoms with Crippen LogP contribution in [0, 0.1) is 0 Å². The Balaban J connectivity index is 2.68. The van der Waals surface area contributed by atoms with Crippen molar-refractivity contribution in [1.29, 1.82) is 0 Å². The van der Waals surface area contributed by atoms with Crippen LogP contribution in [0.5, 0.6) is 0 Å². The fourth-order valence-corrected chi connectivity index (χ4v) is 1.93. The highest BCUT2D eigenvalue weighted by Crippen LogP contribution is 2.30. The lowest BCUT2D eigenvalue weighted by Crippen LogP contribution is -2.23. The SMILES string of the molecule is CC(NCCS(C)=O)c1cccc(C(F)(F)F)c1. The Bertz CT molecular complexity index is 420. The van der Waals surface area contributed by atoms with Gasteiger partial charge in [0.05, 0.1) is 5.56 Å². The van der Waals surface area contributed by atoms with Gasteiger partial charge in [0.15, 0.2) is 0 Å². The lowest BCUT2D eigenvalue weighted by Gasteiger charge is -2.15. The third-order valence-electron chi connectivity index (χ3n) is 2.55. The van der Waals surface area contributed by atoms with Gasteiger partial charge < -0.3 is 5.32 Å². The molecule has 102 valence electrons. The molecule has 0 fully saturated rings. The number of rotatable bonds is 5. The Labute approximate surface area is 107 Å². The molecule has 0 aliphatic heterocycles. The molecule has 0 spiro atoms. The van der Waals surface area contributed by atoms with Gasteiger partial charge in [0, 0.05) is 35.4 Å². The maximum Gasteiger partial charge on any atom is 0.416 e. The van der Waals surface area contributed by atoms with Crippen molar-refractivity contribution in [2.45, 2.75) is 19.1 Å². The fraction of sp³-hybridized carbons (Fsp3) is 0.500. The van der Waals surface area contributed by atoms with E-state index in [1.54, 1.807) is 19.2 Å². The van der Waals surface area contributed by atoms with Crippen LogP contribution in [0.4, 0.5) is 13.2 Å². The van der Waals surface area contributed by atoms with Crippen LogP contribution < -0.4 is 5.32 Å². The van der Waals surface area contributed by atoms with Crippen LogP contribution in [-0.2, 0) is 17.0 Å². The van der Waals surface area contributed by atoms with Crippen LogP contribution in [-0.4, -0.2) is 22.8 Å². The molecule has 0 amide bonds. The Morgan fingerprint density at radius 1 is 1.39 bits per heavy atom. The van der Waals surface area contributed by atoms with Crippen molar-refractivity contribution < 1.29 is 17.4 Å². The molecule has 18 heavy (non-hydrogen) atoms. The molecule has 0 aliphatic carbocycles. The first kappa shape index (κ1) is 15.2. The highest BCUT2D eigenvalue weighted by Gasteiger charge is 2.30. The summed E-state index contributed by atoms with van der Waals surface area (Å²) in [5.74, 6) is 0.489. The minimum atomic E-state index is -4.32. The molecule has 6 heteroatoms. The topological polar surface area (TPSA) is 29.1 Å². The largest absolute Gasteiger partial charge is 0.416 e. The molecule has 0 radical (unpaired) electrons. The molecule has 1 N–H and O–H groups in total. The normalized spacial score (nSPS) is 15.4. The second-order valence-electron chi connectivity index (χ2n) is 4.08. The molecule has 1 aromatic rings. The van der Waals surface area contributed by atoms with Crippen molar-refractivity contribution in [2.24, 2.45) is 0 Å². The van der Waals surface area contributed by atoms with Crippen LogP contribution in [0.25, 0.3) is 0 Å². The first-order valence-electron chi connectivity index (χ1n) is 5.51. The Kier molecular flexibility index (Phi) is 5.34. The minimum Gasteiger partial charge on any atom is -0.309 e. The van der Waals surface area contributed by atoms with Gasteiger partial charge in [-0.2, -0.15) is 13.2 Å². The molecular formula is C12H16F3NOS. The zero-order valence-electron chi connectivity index (χ0n) is 10.3. The quantitative estimate of drug-likeness (QED) is 0.898. The summed E-state index contributed by atoms with van der Waals surface area (Å²) in [6.07, 6.45) is -2.72. The minimum absolute atomic E-state index is 0.198. The molecule has 1 rings (SSSR count). The van der Waals surface area contributed by atoms with E-state index in [1.165, 1.54) is 6.07 Å². The monoisotopic (exact) mass is 279 g/mol. The van der Waals surface area contributed by atoms with Crippen LogP contribution in [0.15, 0.2) is 24.3 Å². The van der Waals surface area contributed by atoms with Crippen molar-refractivity contribution in [2.75, 3.05) is 18.6 Å². The van der Waals surface area contributed by atoms with E-state index in [9.17, 15) is 17.4 Å². The molecule has 0 aromatic heterocycles. The molecule has 0 saturated carbocycles. The summed E-state index contributed by atoms with van der Waals surface area (Å²) in [6, 6.07) is 5.04. The third kappa shape index (κ3) is 4.78. The van der Waals surface area contributed by atoms with E-state index in [1.807, 2.05) is 0 Å². The van der Waals surface area contributed by atoms with Gasteiger partial charge in [-0.3, -0.25) is 4.21 Å². The van der Waals surface area contributed by atoms with Gasteiger partial charge in [0.1, 0.15) is 0 Å². The Hall–Kier alpha value is -0.880. The van der Waals surface area contributed by atoms with Gasteiger partial charge in [0.25, 0.3) is 0 Å². The summed E-state index contributed by atoms with van der Waals surface area (Å²) < 4.78 is 48.5. The summed E-state index contributed by atoms with van der Waals surface area (Å²) in [7, 11) is -0.899. The van der Waals surface area contributed by atoms with E-state index in [0.717, 1.165) is 12.1 Å². The summed E-state index contributed by atoms with van der Waals surface area (Å²) in [5.41, 5.74) is -0.0700. The average Bonchev–Trinajstić information content (AvgIpc) is 2.27. The second kappa shape index (κ2) is 6.33. The second-order valence-corrected chi connectivity index (χ2v) is 5.63. The van der Waals surface area contributed by atoms with Gasteiger partial charge in [-0.1, -0.05) is 12.1 Å². The smallest absolute Gasteiger partial charge is 0.309 e. The van der Waals surface area contributed by atoms with E-state index in [-0.39, 0.29) is 6.04 Å². The van der Waals surface area contributed by atoms with Crippen molar-refractivity contribution in [3.05, 3.63) is 35.4 Å². The molecule has 0 bridgehead atoms. The van der Waals surface area contributed by atoms with Gasteiger partial charge in [-0.05, 0) is 24.6 Å². The molecular weight excluding hydrogens is 263 g/mol. The molecule has 2 nitrogen and oxygen atoms in total. The lowest BCUT2D eigenvalue weighted by atomic mass is 10.1. The highest BCUT2D eigenvalue weighted by molar-refractivity contribution is 7.84. The Morgan fingerprint density at radius 2 is 2.06 bits per heavy atom. The maximum atomic E-state index is 12.5. The molecule has 2 unspecified atom stereocenters. The average molecular weight is 279 g/mol.